The van der Waals surface area contributed by atoms with Crippen LogP contribution in [0.4, 0.5) is 0 Å². The van der Waals surface area contributed by atoms with Crippen molar-refractivity contribution in [1.82, 2.24) is 0 Å². The second kappa shape index (κ2) is 5.73. The predicted molar refractivity (Wildman–Crippen MR) is 54.3 cm³/mol. The first-order valence-electron chi connectivity index (χ1n) is 5.43. The summed E-state index contributed by atoms with van der Waals surface area (Å²) < 4.78 is 4.94. The highest BCUT2D eigenvalue weighted by Gasteiger charge is 2.23. The molecule has 0 aliphatic heterocycles. The largest absolute Gasteiger partial charge is 0.481 e. The maximum absolute atomic E-state index is 10.6. The SMILES string of the molecule is CC(=O)OCC1CCC(CC(=O)O)CC1. The van der Waals surface area contributed by atoms with Crippen LogP contribution in [0.25, 0.3) is 0 Å². The van der Waals surface area contributed by atoms with E-state index in [4.69, 9.17) is 9.84 Å². The number of ether oxygens (including phenoxy) is 1. The number of hydrogen-bond donors (Lipinski definition) is 1. The Morgan fingerprint density at radius 3 is 2.20 bits per heavy atom. The van der Waals surface area contributed by atoms with Crippen LogP contribution in [0, 0.1) is 11.8 Å². The smallest absolute Gasteiger partial charge is 0.303 e. The van der Waals surface area contributed by atoms with Crippen molar-refractivity contribution in [3.8, 4) is 0 Å². The Hall–Kier alpha value is -1.06. The molecular weight excluding hydrogens is 196 g/mol. The molecule has 1 aliphatic rings. The zero-order chi connectivity index (χ0) is 11.3. The molecule has 86 valence electrons. The summed E-state index contributed by atoms with van der Waals surface area (Å²) in [5, 5.41) is 8.64. The Morgan fingerprint density at radius 1 is 1.20 bits per heavy atom. The van der Waals surface area contributed by atoms with Gasteiger partial charge in [0.1, 0.15) is 0 Å². The highest BCUT2D eigenvalue weighted by molar-refractivity contribution is 5.67. The van der Waals surface area contributed by atoms with Crippen LogP contribution in [-0.4, -0.2) is 23.7 Å². The summed E-state index contributed by atoms with van der Waals surface area (Å²) in [7, 11) is 0. The Bertz CT molecular complexity index is 229. The molecule has 1 aliphatic carbocycles. The minimum absolute atomic E-state index is 0.234. The lowest BCUT2D eigenvalue weighted by atomic mass is 9.81. The summed E-state index contributed by atoms with van der Waals surface area (Å²) >= 11 is 0. The van der Waals surface area contributed by atoms with E-state index in [2.05, 4.69) is 0 Å². The highest BCUT2D eigenvalue weighted by atomic mass is 16.5. The van der Waals surface area contributed by atoms with Crippen LogP contribution in [0.5, 0.6) is 0 Å². The lowest BCUT2D eigenvalue weighted by Crippen LogP contribution is -2.21. The van der Waals surface area contributed by atoms with Gasteiger partial charge in [-0.05, 0) is 37.5 Å². The highest BCUT2D eigenvalue weighted by Crippen LogP contribution is 2.30. The Labute approximate surface area is 89.6 Å². The van der Waals surface area contributed by atoms with Crippen molar-refractivity contribution in [2.75, 3.05) is 6.61 Å². The van der Waals surface area contributed by atoms with Crippen LogP contribution in [0.3, 0.4) is 0 Å². The predicted octanol–water partition coefficient (Wildman–Crippen LogP) is 1.83. The van der Waals surface area contributed by atoms with Crippen LogP contribution in [0.15, 0.2) is 0 Å². The van der Waals surface area contributed by atoms with E-state index < -0.39 is 5.97 Å². The van der Waals surface area contributed by atoms with Gasteiger partial charge in [-0.3, -0.25) is 9.59 Å². The van der Waals surface area contributed by atoms with Gasteiger partial charge in [0.05, 0.1) is 6.61 Å². The van der Waals surface area contributed by atoms with Crippen molar-refractivity contribution in [2.45, 2.75) is 39.0 Å². The summed E-state index contributed by atoms with van der Waals surface area (Å²) in [6.45, 7) is 1.91. The zero-order valence-corrected chi connectivity index (χ0v) is 9.07. The van der Waals surface area contributed by atoms with E-state index in [1.807, 2.05) is 0 Å². The fraction of sp³-hybridized carbons (Fsp3) is 0.818. The number of carbonyl (C=O) groups is 2. The van der Waals surface area contributed by atoms with E-state index >= 15 is 0 Å². The first-order valence-corrected chi connectivity index (χ1v) is 5.43. The van der Waals surface area contributed by atoms with Crippen LogP contribution in [0.1, 0.15) is 39.0 Å². The van der Waals surface area contributed by atoms with Gasteiger partial charge in [0, 0.05) is 13.3 Å². The number of aliphatic carboxylic acids is 1. The molecule has 4 heteroatoms. The van der Waals surface area contributed by atoms with Crippen LogP contribution in [-0.2, 0) is 14.3 Å². The molecule has 1 rings (SSSR count). The van der Waals surface area contributed by atoms with Gasteiger partial charge in [-0.25, -0.2) is 0 Å². The molecule has 15 heavy (non-hydrogen) atoms. The monoisotopic (exact) mass is 214 g/mol. The molecule has 0 aromatic heterocycles. The van der Waals surface area contributed by atoms with Gasteiger partial charge >= 0.3 is 11.9 Å². The van der Waals surface area contributed by atoms with Gasteiger partial charge in [0.25, 0.3) is 0 Å². The molecule has 1 fully saturated rings. The first kappa shape index (κ1) is 12.0. The van der Waals surface area contributed by atoms with E-state index in [1.165, 1.54) is 6.92 Å². The second-order valence-corrected chi connectivity index (χ2v) is 4.29. The summed E-state index contributed by atoms with van der Waals surface area (Å²) in [6.07, 6.45) is 4.12. The molecule has 0 amide bonds. The molecule has 0 spiro atoms. The van der Waals surface area contributed by atoms with Gasteiger partial charge in [-0.1, -0.05) is 0 Å². The summed E-state index contributed by atoms with van der Waals surface area (Å²) in [6, 6.07) is 0. The zero-order valence-electron chi connectivity index (χ0n) is 9.07. The van der Waals surface area contributed by atoms with Crippen molar-refractivity contribution >= 4 is 11.9 Å². The maximum Gasteiger partial charge on any atom is 0.303 e. The van der Waals surface area contributed by atoms with Crippen LogP contribution in [0.2, 0.25) is 0 Å². The maximum atomic E-state index is 10.6. The standard InChI is InChI=1S/C11H18O4/c1-8(12)15-7-10-4-2-9(3-5-10)6-11(13)14/h9-10H,2-7H2,1H3,(H,13,14). The minimum atomic E-state index is -0.710. The summed E-state index contributed by atoms with van der Waals surface area (Å²) in [4.78, 5) is 21.1. The molecule has 1 saturated carbocycles. The number of carbonyl (C=O) groups excluding carboxylic acids is 1. The van der Waals surface area contributed by atoms with E-state index in [9.17, 15) is 9.59 Å². The van der Waals surface area contributed by atoms with Gasteiger partial charge in [0.15, 0.2) is 0 Å². The fourth-order valence-corrected chi connectivity index (χ4v) is 2.08. The Kier molecular flexibility index (Phi) is 4.59. The quantitative estimate of drug-likeness (QED) is 0.725. The van der Waals surface area contributed by atoms with Crippen molar-refractivity contribution in [3.63, 3.8) is 0 Å². The first-order chi connectivity index (χ1) is 7.08. The fourth-order valence-electron chi connectivity index (χ4n) is 2.08. The summed E-state index contributed by atoms with van der Waals surface area (Å²) in [5.74, 6) is -0.198. The molecule has 4 nitrogen and oxygen atoms in total. The van der Waals surface area contributed by atoms with Crippen LogP contribution >= 0.6 is 0 Å². The molecule has 0 atom stereocenters. The lowest BCUT2D eigenvalue weighted by Gasteiger charge is -2.26. The van der Waals surface area contributed by atoms with Crippen molar-refractivity contribution in [1.29, 1.82) is 0 Å². The number of carboxylic acid groups (broad SMARTS) is 1. The van der Waals surface area contributed by atoms with Gasteiger partial charge in [-0.2, -0.15) is 0 Å². The molecule has 0 unspecified atom stereocenters. The number of rotatable bonds is 4. The number of esters is 1. The minimum Gasteiger partial charge on any atom is -0.481 e. The van der Waals surface area contributed by atoms with Crippen molar-refractivity contribution < 1.29 is 19.4 Å². The molecular formula is C11H18O4. The average molecular weight is 214 g/mol. The van der Waals surface area contributed by atoms with Gasteiger partial charge in [0.2, 0.25) is 0 Å². The molecule has 0 radical (unpaired) electrons. The summed E-state index contributed by atoms with van der Waals surface area (Å²) in [5.41, 5.74) is 0. The third-order valence-electron chi connectivity index (χ3n) is 2.95. The normalized spacial score (nSPS) is 25.9. The van der Waals surface area contributed by atoms with E-state index in [0.717, 1.165) is 25.7 Å². The van der Waals surface area contributed by atoms with E-state index in [0.29, 0.717) is 18.4 Å². The Morgan fingerprint density at radius 2 is 1.73 bits per heavy atom. The topological polar surface area (TPSA) is 63.6 Å². The third-order valence-corrected chi connectivity index (χ3v) is 2.95. The van der Waals surface area contributed by atoms with Gasteiger partial charge in [-0.15, -0.1) is 0 Å². The lowest BCUT2D eigenvalue weighted by molar-refractivity contribution is -0.142. The molecule has 0 heterocycles. The third kappa shape index (κ3) is 4.81. The van der Waals surface area contributed by atoms with Crippen molar-refractivity contribution in [3.05, 3.63) is 0 Å². The number of hydrogen-bond acceptors (Lipinski definition) is 3. The average Bonchev–Trinajstić information content (AvgIpc) is 2.16. The van der Waals surface area contributed by atoms with E-state index in [-0.39, 0.29) is 12.4 Å². The second-order valence-electron chi connectivity index (χ2n) is 4.29. The molecule has 0 saturated heterocycles. The molecule has 0 bridgehead atoms. The molecule has 1 N–H and O–H groups in total. The van der Waals surface area contributed by atoms with Gasteiger partial charge < -0.3 is 9.84 Å². The molecule has 0 aromatic carbocycles. The van der Waals surface area contributed by atoms with Crippen LogP contribution < -0.4 is 0 Å². The van der Waals surface area contributed by atoms with E-state index in [1.54, 1.807) is 0 Å². The van der Waals surface area contributed by atoms with Crippen molar-refractivity contribution in [2.24, 2.45) is 11.8 Å². The molecule has 0 aromatic rings. The number of carboxylic acids is 1. The Balaban J connectivity index is 2.18.